The first-order chi connectivity index (χ1) is 12.9. The number of nitrogens with zero attached hydrogens (tertiary/aromatic N) is 2. The standard InChI is InChI=1S/C20H24N2O4S/c1-16(17-7-4-3-5-8-17)21(2)20(23)18-9-6-10-19(15-18)27(24,25)22-11-13-26-14-12-22/h3-10,15-16H,11-14H2,1-2H3/t16-/m0/s1. The lowest BCUT2D eigenvalue weighted by atomic mass is 10.1. The number of carbonyl (C=O) groups excluding carboxylic acids is 1. The highest BCUT2D eigenvalue weighted by molar-refractivity contribution is 7.89. The van der Waals surface area contributed by atoms with Crippen LogP contribution < -0.4 is 0 Å². The number of hydrogen-bond donors (Lipinski definition) is 0. The van der Waals surface area contributed by atoms with E-state index in [1.807, 2.05) is 37.3 Å². The molecule has 1 atom stereocenters. The Balaban J connectivity index is 1.83. The number of morpholine rings is 1. The monoisotopic (exact) mass is 388 g/mol. The number of amides is 1. The molecule has 144 valence electrons. The van der Waals surface area contributed by atoms with Crippen LogP contribution in [0.25, 0.3) is 0 Å². The predicted octanol–water partition coefficient (Wildman–Crippen LogP) is 2.54. The van der Waals surface area contributed by atoms with Gasteiger partial charge < -0.3 is 9.64 Å². The average Bonchev–Trinajstić information content (AvgIpc) is 2.73. The lowest BCUT2D eigenvalue weighted by molar-refractivity contribution is 0.0728. The predicted molar refractivity (Wildman–Crippen MR) is 103 cm³/mol. The molecular formula is C20H24N2O4S. The van der Waals surface area contributed by atoms with Gasteiger partial charge in [-0.05, 0) is 30.7 Å². The highest BCUT2D eigenvalue weighted by atomic mass is 32.2. The van der Waals surface area contributed by atoms with Crippen molar-refractivity contribution in [2.75, 3.05) is 33.4 Å². The van der Waals surface area contributed by atoms with Crippen molar-refractivity contribution in [3.8, 4) is 0 Å². The molecular weight excluding hydrogens is 364 g/mol. The summed E-state index contributed by atoms with van der Waals surface area (Å²) < 4.78 is 32.3. The molecule has 1 saturated heterocycles. The van der Waals surface area contributed by atoms with Crippen molar-refractivity contribution in [3.63, 3.8) is 0 Å². The number of ether oxygens (including phenoxy) is 1. The highest BCUT2D eigenvalue weighted by Gasteiger charge is 2.27. The maximum Gasteiger partial charge on any atom is 0.254 e. The Morgan fingerprint density at radius 1 is 1.07 bits per heavy atom. The van der Waals surface area contributed by atoms with E-state index in [1.54, 1.807) is 24.1 Å². The summed E-state index contributed by atoms with van der Waals surface area (Å²) >= 11 is 0. The van der Waals surface area contributed by atoms with Gasteiger partial charge in [-0.2, -0.15) is 4.31 Å². The minimum atomic E-state index is -3.63. The van der Waals surface area contributed by atoms with Crippen LogP contribution in [0.15, 0.2) is 59.5 Å². The highest BCUT2D eigenvalue weighted by Crippen LogP contribution is 2.23. The molecule has 0 spiro atoms. The first kappa shape index (κ1) is 19.5. The van der Waals surface area contributed by atoms with E-state index >= 15 is 0 Å². The summed E-state index contributed by atoms with van der Waals surface area (Å²) in [6, 6.07) is 15.8. The van der Waals surface area contributed by atoms with E-state index in [4.69, 9.17) is 4.74 Å². The van der Waals surface area contributed by atoms with Crippen molar-refractivity contribution >= 4 is 15.9 Å². The fraction of sp³-hybridized carbons (Fsp3) is 0.350. The van der Waals surface area contributed by atoms with Crippen LogP contribution in [0.3, 0.4) is 0 Å². The summed E-state index contributed by atoms with van der Waals surface area (Å²) in [5.41, 5.74) is 1.38. The molecule has 0 radical (unpaired) electrons. The molecule has 0 unspecified atom stereocenters. The zero-order valence-corrected chi connectivity index (χ0v) is 16.4. The first-order valence-electron chi connectivity index (χ1n) is 8.91. The van der Waals surface area contributed by atoms with Crippen LogP contribution >= 0.6 is 0 Å². The summed E-state index contributed by atoms with van der Waals surface area (Å²) in [6.45, 7) is 3.36. The van der Waals surface area contributed by atoms with Gasteiger partial charge in [-0.3, -0.25) is 4.79 Å². The van der Waals surface area contributed by atoms with E-state index < -0.39 is 10.0 Å². The van der Waals surface area contributed by atoms with Gasteiger partial charge in [-0.1, -0.05) is 36.4 Å². The molecule has 1 heterocycles. The van der Waals surface area contributed by atoms with Gasteiger partial charge in [-0.15, -0.1) is 0 Å². The quantitative estimate of drug-likeness (QED) is 0.789. The molecule has 27 heavy (non-hydrogen) atoms. The Morgan fingerprint density at radius 2 is 1.74 bits per heavy atom. The third kappa shape index (κ3) is 4.21. The Bertz CT molecular complexity index is 893. The van der Waals surface area contributed by atoms with Crippen molar-refractivity contribution < 1.29 is 17.9 Å². The molecule has 2 aromatic carbocycles. The molecule has 1 aliphatic rings. The third-order valence-corrected chi connectivity index (χ3v) is 6.77. The van der Waals surface area contributed by atoms with Crippen molar-refractivity contribution in [1.82, 2.24) is 9.21 Å². The molecule has 7 heteroatoms. The Kier molecular flexibility index (Phi) is 5.94. The van der Waals surface area contributed by atoms with Gasteiger partial charge in [0, 0.05) is 25.7 Å². The third-order valence-electron chi connectivity index (χ3n) is 4.87. The second kappa shape index (κ2) is 8.21. The largest absolute Gasteiger partial charge is 0.379 e. The molecule has 3 rings (SSSR count). The van der Waals surface area contributed by atoms with Gasteiger partial charge in [0.05, 0.1) is 24.2 Å². The van der Waals surface area contributed by atoms with Crippen LogP contribution in [0.5, 0.6) is 0 Å². The Hall–Kier alpha value is -2.22. The minimum Gasteiger partial charge on any atom is -0.379 e. The molecule has 0 aliphatic carbocycles. The average molecular weight is 388 g/mol. The fourth-order valence-corrected chi connectivity index (χ4v) is 4.51. The Morgan fingerprint density at radius 3 is 2.41 bits per heavy atom. The van der Waals surface area contributed by atoms with Crippen LogP contribution in [-0.2, 0) is 14.8 Å². The van der Waals surface area contributed by atoms with E-state index in [0.717, 1.165) is 5.56 Å². The van der Waals surface area contributed by atoms with Crippen LogP contribution in [0.4, 0.5) is 0 Å². The molecule has 1 fully saturated rings. The molecule has 2 aromatic rings. The van der Waals surface area contributed by atoms with Gasteiger partial charge in [0.1, 0.15) is 0 Å². The Labute approximate surface area is 160 Å². The molecule has 0 saturated carbocycles. The topological polar surface area (TPSA) is 66.9 Å². The lowest BCUT2D eigenvalue weighted by Gasteiger charge is -2.27. The number of carbonyl (C=O) groups is 1. The maximum absolute atomic E-state index is 12.9. The molecule has 1 aliphatic heterocycles. The van der Waals surface area contributed by atoms with E-state index in [1.165, 1.54) is 16.4 Å². The van der Waals surface area contributed by atoms with Gasteiger partial charge in [-0.25, -0.2) is 8.42 Å². The molecule has 0 N–H and O–H groups in total. The normalized spacial score (nSPS) is 16.7. The number of benzene rings is 2. The van der Waals surface area contributed by atoms with E-state index in [2.05, 4.69) is 0 Å². The van der Waals surface area contributed by atoms with Crippen molar-refractivity contribution in [3.05, 3.63) is 65.7 Å². The van der Waals surface area contributed by atoms with Crippen molar-refractivity contribution in [1.29, 1.82) is 0 Å². The number of hydrogen-bond acceptors (Lipinski definition) is 4. The summed E-state index contributed by atoms with van der Waals surface area (Å²) in [5, 5.41) is 0. The maximum atomic E-state index is 12.9. The van der Waals surface area contributed by atoms with Crippen molar-refractivity contribution in [2.24, 2.45) is 0 Å². The van der Waals surface area contributed by atoms with E-state index in [0.29, 0.717) is 31.9 Å². The smallest absolute Gasteiger partial charge is 0.254 e. The second-order valence-corrected chi connectivity index (χ2v) is 8.48. The first-order valence-corrected chi connectivity index (χ1v) is 10.4. The van der Waals surface area contributed by atoms with Gasteiger partial charge >= 0.3 is 0 Å². The molecule has 6 nitrogen and oxygen atoms in total. The zero-order valence-electron chi connectivity index (χ0n) is 15.5. The molecule has 0 aromatic heterocycles. The fourth-order valence-electron chi connectivity index (χ4n) is 3.06. The van der Waals surface area contributed by atoms with Crippen LogP contribution in [0.2, 0.25) is 0 Å². The van der Waals surface area contributed by atoms with Gasteiger partial charge in [0.25, 0.3) is 5.91 Å². The lowest BCUT2D eigenvalue weighted by Crippen LogP contribution is -2.40. The summed E-state index contributed by atoms with van der Waals surface area (Å²) in [7, 11) is -1.91. The number of rotatable bonds is 5. The second-order valence-electron chi connectivity index (χ2n) is 6.55. The van der Waals surface area contributed by atoms with E-state index in [9.17, 15) is 13.2 Å². The van der Waals surface area contributed by atoms with Gasteiger partial charge in [0.15, 0.2) is 0 Å². The van der Waals surface area contributed by atoms with E-state index in [-0.39, 0.29) is 16.8 Å². The minimum absolute atomic E-state index is 0.127. The summed E-state index contributed by atoms with van der Waals surface area (Å²) in [5.74, 6) is -0.217. The SMILES string of the molecule is C[C@@H](c1ccccc1)N(C)C(=O)c1cccc(S(=O)(=O)N2CCOCC2)c1. The summed E-state index contributed by atoms with van der Waals surface area (Å²) in [4.78, 5) is 14.7. The zero-order chi connectivity index (χ0) is 19.4. The summed E-state index contributed by atoms with van der Waals surface area (Å²) in [6.07, 6.45) is 0. The van der Waals surface area contributed by atoms with Crippen molar-refractivity contribution in [2.45, 2.75) is 17.9 Å². The van der Waals surface area contributed by atoms with Gasteiger partial charge in [0.2, 0.25) is 10.0 Å². The van der Waals surface area contributed by atoms with Crippen LogP contribution in [-0.4, -0.2) is 56.9 Å². The number of sulfonamides is 1. The van der Waals surface area contributed by atoms with Crippen LogP contribution in [0.1, 0.15) is 28.9 Å². The molecule has 1 amide bonds. The molecule has 0 bridgehead atoms. The van der Waals surface area contributed by atoms with Crippen LogP contribution in [0, 0.1) is 0 Å².